The highest BCUT2D eigenvalue weighted by atomic mass is 32.2. The Hall–Kier alpha value is -1.14. The molecule has 0 bridgehead atoms. The third-order valence-electron chi connectivity index (χ3n) is 3.41. The van der Waals surface area contributed by atoms with Gasteiger partial charge >= 0.3 is 0 Å². The number of halogens is 1. The zero-order valence-electron chi connectivity index (χ0n) is 10.2. The van der Waals surface area contributed by atoms with Gasteiger partial charge in [-0.15, -0.1) is 0 Å². The molecule has 0 aromatic heterocycles. The Morgan fingerprint density at radius 2 is 2.11 bits per heavy atom. The van der Waals surface area contributed by atoms with Gasteiger partial charge in [0.25, 0.3) is 0 Å². The zero-order chi connectivity index (χ0) is 13.3. The van der Waals surface area contributed by atoms with Crippen LogP contribution in [0.25, 0.3) is 0 Å². The smallest absolute Gasteiger partial charge is 0.243 e. The fraction of sp³-hybridized carbons (Fsp3) is 0.500. The summed E-state index contributed by atoms with van der Waals surface area (Å²) >= 11 is 0. The van der Waals surface area contributed by atoms with Crippen molar-refractivity contribution in [2.45, 2.75) is 37.1 Å². The van der Waals surface area contributed by atoms with Crippen LogP contribution >= 0.6 is 0 Å². The number of nitrogens with two attached hydrogens (primary N) is 1. The minimum atomic E-state index is -3.83. The summed E-state index contributed by atoms with van der Waals surface area (Å²) < 4.78 is 40.3. The van der Waals surface area contributed by atoms with Gasteiger partial charge in [-0.05, 0) is 37.0 Å². The molecule has 1 aliphatic rings. The number of nitrogen functional groups attached to an aromatic ring is 1. The van der Waals surface area contributed by atoms with Crippen molar-refractivity contribution in [3.63, 3.8) is 0 Å². The van der Waals surface area contributed by atoms with E-state index >= 15 is 0 Å². The Balaban J connectivity index is 2.28. The molecular weight excluding hydrogens is 255 g/mol. The van der Waals surface area contributed by atoms with Gasteiger partial charge < -0.3 is 5.73 Å². The van der Waals surface area contributed by atoms with E-state index in [-0.39, 0.29) is 22.5 Å². The molecular formula is C12H17FN2O2S. The van der Waals surface area contributed by atoms with Crippen LogP contribution in [0.1, 0.15) is 26.2 Å². The first kappa shape index (κ1) is 13.3. The first-order valence-electron chi connectivity index (χ1n) is 5.97. The van der Waals surface area contributed by atoms with Crippen LogP contribution in [0.15, 0.2) is 23.1 Å². The van der Waals surface area contributed by atoms with Crippen LogP contribution in [-0.4, -0.2) is 14.5 Å². The molecule has 0 spiro atoms. The minimum Gasteiger partial charge on any atom is -0.399 e. The SMILES string of the molecule is CC1CCCC1NS(=O)(=O)c1cc(N)ccc1F. The van der Waals surface area contributed by atoms with Crippen molar-refractivity contribution in [3.8, 4) is 0 Å². The zero-order valence-corrected chi connectivity index (χ0v) is 11.0. The van der Waals surface area contributed by atoms with Gasteiger partial charge in [-0.25, -0.2) is 17.5 Å². The van der Waals surface area contributed by atoms with Crippen molar-refractivity contribution >= 4 is 15.7 Å². The average molecular weight is 272 g/mol. The van der Waals surface area contributed by atoms with Crippen molar-refractivity contribution in [3.05, 3.63) is 24.0 Å². The van der Waals surface area contributed by atoms with E-state index in [1.54, 1.807) is 0 Å². The number of benzene rings is 1. The van der Waals surface area contributed by atoms with Crippen LogP contribution in [0, 0.1) is 11.7 Å². The Labute approximate surface area is 106 Å². The monoisotopic (exact) mass is 272 g/mol. The summed E-state index contributed by atoms with van der Waals surface area (Å²) in [7, 11) is -3.83. The third-order valence-corrected chi connectivity index (χ3v) is 4.92. The van der Waals surface area contributed by atoms with Gasteiger partial charge in [-0.3, -0.25) is 0 Å². The van der Waals surface area contributed by atoms with Crippen LogP contribution in [0.5, 0.6) is 0 Å². The van der Waals surface area contributed by atoms with Crippen molar-refractivity contribution in [1.82, 2.24) is 4.72 Å². The van der Waals surface area contributed by atoms with E-state index in [0.717, 1.165) is 31.4 Å². The Kier molecular flexibility index (Phi) is 3.59. The van der Waals surface area contributed by atoms with Gasteiger partial charge in [-0.1, -0.05) is 13.3 Å². The van der Waals surface area contributed by atoms with Gasteiger partial charge in [0.15, 0.2) is 0 Å². The first-order chi connectivity index (χ1) is 8.40. The van der Waals surface area contributed by atoms with Gasteiger partial charge in [0, 0.05) is 11.7 Å². The molecule has 0 amide bonds. The lowest BCUT2D eigenvalue weighted by molar-refractivity contribution is 0.473. The summed E-state index contributed by atoms with van der Waals surface area (Å²) in [6.45, 7) is 2.00. The van der Waals surface area contributed by atoms with Gasteiger partial charge in [0.2, 0.25) is 10.0 Å². The molecule has 3 N–H and O–H groups in total. The Morgan fingerprint density at radius 1 is 1.39 bits per heavy atom. The number of hydrogen-bond donors (Lipinski definition) is 2. The maximum Gasteiger partial charge on any atom is 0.243 e. The molecule has 6 heteroatoms. The summed E-state index contributed by atoms with van der Waals surface area (Å²) in [5, 5.41) is 0. The van der Waals surface area contributed by atoms with Gasteiger partial charge in [0.1, 0.15) is 10.7 Å². The predicted molar refractivity (Wildman–Crippen MR) is 67.9 cm³/mol. The summed E-state index contributed by atoms with van der Waals surface area (Å²) in [5.74, 6) is -0.494. The molecule has 2 unspecified atom stereocenters. The standard InChI is InChI=1S/C12H17FN2O2S/c1-8-3-2-4-11(8)15-18(16,17)12-7-9(14)5-6-10(12)13/h5-8,11,15H,2-4,14H2,1H3. The molecule has 1 aromatic carbocycles. The lowest BCUT2D eigenvalue weighted by atomic mass is 10.1. The van der Waals surface area contributed by atoms with Gasteiger partial charge in [0.05, 0.1) is 0 Å². The number of hydrogen-bond acceptors (Lipinski definition) is 3. The Morgan fingerprint density at radius 3 is 2.72 bits per heavy atom. The molecule has 2 atom stereocenters. The van der Waals surface area contributed by atoms with Crippen molar-refractivity contribution in [1.29, 1.82) is 0 Å². The molecule has 0 aliphatic heterocycles. The molecule has 0 radical (unpaired) electrons. The maximum atomic E-state index is 13.6. The number of rotatable bonds is 3. The highest BCUT2D eigenvalue weighted by molar-refractivity contribution is 7.89. The molecule has 4 nitrogen and oxygen atoms in total. The van der Waals surface area contributed by atoms with E-state index in [0.29, 0.717) is 0 Å². The minimum absolute atomic E-state index is 0.115. The quantitative estimate of drug-likeness (QED) is 0.825. The second kappa shape index (κ2) is 4.85. The highest BCUT2D eigenvalue weighted by Gasteiger charge is 2.29. The normalized spacial score (nSPS) is 24.3. The maximum absolute atomic E-state index is 13.6. The second-order valence-electron chi connectivity index (χ2n) is 4.83. The summed E-state index contributed by atoms with van der Waals surface area (Å²) in [5.41, 5.74) is 5.73. The van der Waals surface area contributed by atoms with Crippen molar-refractivity contribution < 1.29 is 12.8 Å². The van der Waals surface area contributed by atoms with Crippen molar-refractivity contribution in [2.75, 3.05) is 5.73 Å². The van der Waals surface area contributed by atoms with Crippen LogP contribution in [0.3, 0.4) is 0 Å². The van der Waals surface area contributed by atoms with Crippen LogP contribution in [0.2, 0.25) is 0 Å². The van der Waals surface area contributed by atoms with Crippen LogP contribution in [-0.2, 0) is 10.0 Å². The van der Waals surface area contributed by atoms with Crippen LogP contribution < -0.4 is 10.5 Å². The topological polar surface area (TPSA) is 72.2 Å². The molecule has 0 heterocycles. The molecule has 1 aromatic rings. The lowest BCUT2D eigenvalue weighted by Gasteiger charge is -2.17. The summed E-state index contributed by atoms with van der Waals surface area (Å²) in [6.07, 6.45) is 2.78. The molecule has 2 rings (SSSR count). The second-order valence-corrected chi connectivity index (χ2v) is 6.51. The summed E-state index contributed by atoms with van der Waals surface area (Å²) in [6, 6.07) is 3.45. The Bertz CT molecular complexity index is 545. The van der Waals surface area contributed by atoms with E-state index in [2.05, 4.69) is 4.72 Å². The predicted octanol–water partition coefficient (Wildman–Crippen LogP) is 1.87. The molecule has 1 fully saturated rings. The van der Waals surface area contributed by atoms with E-state index in [1.165, 1.54) is 6.07 Å². The fourth-order valence-electron chi connectivity index (χ4n) is 2.31. The summed E-state index contributed by atoms with van der Waals surface area (Å²) in [4.78, 5) is -0.374. The van der Waals surface area contributed by atoms with E-state index in [4.69, 9.17) is 5.73 Å². The average Bonchev–Trinajstić information content (AvgIpc) is 2.67. The molecule has 100 valence electrons. The molecule has 18 heavy (non-hydrogen) atoms. The van der Waals surface area contributed by atoms with E-state index in [9.17, 15) is 12.8 Å². The third kappa shape index (κ3) is 2.64. The largest absolute Gasteiger partial charge is 0.399 e. The highest BCUT2D eigenvalue weighted by Crippen LogP contribution is 2.27. The van der Waals surface area contributed by atoms with E-state index < -0.39 is 15.8 Å². The number of nitrogens with one attached hydrogen (secondary N) is 1. The van der Waals surface area contributed by atoms with Crippen molar-refractivity contribution in [2.24, 2.45) is 5.92 Å². The van der Waals surface area contributed by atoms with Crippen LogP contribution in [0.4, 0.5) is 10.1 Å². The lowest BCUT2D eigenvalue weighted by Crippen LogP contribution is -2.36. The first-order valence-corrected chi connectivity index (χ1v) is 7.46. The van der Waals surface area contributed by atoms with Gasteiger partial charge in [-0.2, -0.15) is 0 Å². The van der Waals surface area contributed by atoms with E-state index in [1.807, 2.05) is 6.92 Å². The number of sulfonamides is 1. The molecule has 1 aliphatic carbocycles. The fourth-order valence-corrected chi connectivity index (χ4v) is 3.80. The molecule has 1 saturated carbocycles. The number of anilines is 1. The molecule has 0 saturated heterocycles.